The minimum atomic E-state index is -3.20. The van der Waals surface area contributed by atoms with Crippen molar-refractivity contribution in [3.8, 4) is 0 Å². The predicted octanol–water partition coefficient (Wildman–Crippen LogP) is 1.94. The van der Waals surface area contributed by atoms with Gasteiger partial charge < -0.3 is 15.5 Å². The molecule has 1 aliphatic carbocycles. The van der Waals surface area contributed by atoms with Crippen molar-refractivity contribution < 1.29 is 18.0 Å². The lowest BCUT2D eigenvalue weighted by molar-refractivity contribution is -0.128. The Labute approximate surface area is 165 Å². The highest BCUT2D eigenvalue weighted by Crippen LogP contribution is 2.42. The fourth-order valence-electron chi connectivity index (χ4n) is 4.64. The van der Waals surface area contributed by atoms with E-state index in [9.17, 15) is 18.0 Å². The molecular weight excluding hydrogens is 378 g/mol. The number of para-hydroxylation sites is 1. The number of carbonyl (C=O) groups excluding carboxylic acids is 2. The molecule has 0 radical (unpaired) electrons. The van der Waals surface area contributed by atoms with E-state index in [2.05, 4.69) is 10.6 Å². The van der Waals surface area contributed by atoms with Crippen LogP contribution in [-0.2, 0) is 21.1 Å². The van der Waals surface area contributed by atoms with E-state index in [1.165, 1.54) is 6.26 Å². The normalized spacial score (nSPS) is 22.8. The van der Waals surface area contributed by atoms with Crippen LogP contribution in [0.15, 0.2) is 24.3 Å². The van der Waals surface area contributed by atoms with E-state index in [1.54, 1.807) is 4.90 Å². The molecule has 3 amide bonds. The molecule has 1 aromatic carbocycles. The van der Waals surface area contributed by atoms with Gasteiger partial charge in [0.1, 0.15) is 0 Å². The zero-order chi connectivity index (χ0) is 20.0. The van der Waals surface area contributed by atoms with Gasteiger partial charge in [0.25, 0.3) is 0 Å². The third kappa shape index (κ3) is 3.17. The summed E-state index contributed by atoms with van der Waals surface area (Å²) in [5.74, 6) is 0.0387. The first-order valence-corrected chi connectivity index (χ1v) is 11.8. The summed E-state index contributed by atoms with van der Waals surface area (Å²) in [6.45, 7) is 1.15. The average Bonchev–Trinajstić information content (AvgIpc) is 2.61. The van der Waals surface area contributed by atoms with E-state index in [0.29, 0.717) is 45.2 Å². The number of benzene rings is 1. The van der Waals surface area contributed by atoms with Gasteiger partial charge in [0.15, 0.2) is 9.84 Å². The highest BCUT2D eigenvalue weighted by Gasteiger charge is 2.48. The Kier molecular flexibility index (Phi) is 4.64. The van der Waals surface area contributed by atoms with Gasteiger partial charge in [0, 0.05) is 31.6 Å². The number of likely N-dealkylation sites (tertiary alicyclic amines) is 1. The van der Waals surface area contributed by atoms with Crippen molar-refractivity contribution >= 4 is 27.5 Å². The number of amides is 3. The summed E-state index contributed by atoms with van der Waals surface area (Å²) in [5.41, 5.74) is 1.55. The molecular formula is C20H27N3O4S. The topological polar surface area (TPSA) is 95.6 Å². The third-order valence-corrected chi connectivity index (χ3v) is 9.02. The summed E-state index contributed by atoms with van der Waals surface area (Å²) < 4.78 is 23.3. The van der Waals surface area contributed by atoms with Gasteiger partial charge in [-0.15, -0.1) is 0 Å². The molecule has 2 aliphatic heterocycles. The molecule has 0 bridgehead atoms. The summed E-state index contributed by atoms with van der Waals surface area (Å²) in [5, 5.41) is 5.84. The van der Waals surface area contributed by atoms with Crippen LogP contribution in [0.2, 0.25) is 0 Å². The number of fused-ring (bicyclic) bond motifs is 1. The number of anilines is 1. The predicted molar refractivity (Wildman–Crippen MR) is 107 cm³/mol. The number of urea groups is 1. The van der Waals surface area contributed by atoms with Crippen LogP contribution >= 0.6 is 0 Å². The lowest BCUT2D eigenvalue weighted by atomic mass is 9.71. The van der Waals surface area contributed by atoms with E-state index in [0.717, 1.165) is 17.7 Å². The second-order valence-electron chi connectivity index (χ2n) is 8.52. The first kappa shape index (κ1) is 19.2. The molecule has 1 saturated heterocycles. The Balaban J connectivity index is 1.37. The van der Waals surface area contributed by atoms with Crippen LogP contribution in [-0.4, -0.2) is 55.9 Å². The smallest absolute Gasteiger partial charge is 0.317 e. The molecule has 4 rings (SSSR count). The van der Waals surface area contributed by atoms with Crippen LogP contribution in [0.1, 0.15) is 37.7 Å². The molecule has 28 heavy (non-hydrogen) atoms. The maximum atomic E-state index is 12.7. The summed E-state index contributed by atoms with van der Waals surface area (Å²) in [4.78, 5) is 27.0. The summed E-state index contributed by atoms with van der Waals surface area (Å²) in [6.07, 6.45) is 5.26. The molecule has 7 nitrogen and oxygen atoms in total. The summed E-state index contributed by atoms with van der Waals surface area (Å²) >= 11 is 0. The Morgan fingerprint density at radius 2 is 1.86 bits per heavy atom. The Morgan fingerprint density at radius 1 is 1.18 bits per heavy atom. The summed E-state index contributed by atoms with van der Waals surface area (Å²) in [6, 6.07) is 7.61. The van der Waals surface area contributed by atoms with Crippen molar-refractivity contribution in [2.45, 2.75) is 43.3 Å². The molecule has 2 heterocycles. The van der Waals surface area contributed by atoms with E-state index in [1.807, 2.05) is 24.3 Å². The average molecular weight is 406 g/mol. The van der Waals surface area contributed by atoms with Crippen LogP contribution in [0, 0.1) is 5.41 Å². The van der Waals surface area contributed by atoms with E-state index < -0.39 is 20.0 Å². The second kappa shape index (κ2) is 6.76. The minimum absolute atomic E-state index is 0.0387. The number of rotatable bonds is 3. The van der Waals surface area contributed by atoms with E-state index >= 15 is 0 Å². The van der Waals surface area contributed by atoms with Crippen LogP contribution in [0.5, 0.6) is 0 Å². The molecule has 152 valence electrons. The van der Waals surface area contributed by atoms with Gasteiger partial charge in [-0.3, -0.25) is 4.79 Å². The highest BCUT2D eigenvalue weighted by atomic mass is 32.2. The van der Waals surface area contributed by atoms with Gasteiger partial charge in [-0.25, -0.2) is 13.2 Å². The van der Waals surface area contributed by atoms with Crippen LogP contribution in [0.25, 0.3) is 0 Å². The maximum Gasteiger partial charge on any atom is 0.317 e. The largest absolute Gasteiger partial charge is 0.336 e. The number of nitrogens with one attached hydrogen (secondary N) is 2. The number of piperidine rings is 1. The molecule has 3 aliphatic rings. The van der Waals surface area contributed by atoms with E-state index in [4.69, 9.17) is 0 Å². The molecule has 8 heteroatoms. The van der Waals surface area contributed by atoms with Gasteiger partial charge in [-0.1, -0.05) is 24.6 Å². The molecule has 2 fully saturated rings. The zero-order valence-electron chi connectivity index (χ0n) is 16.2. The van der Waals surface area contributed by atoms with Gasteiger partial charge >= 0.3 is 6.03 Å². The quantitative estimate of drug-likeness (QED) is 0.803. The van der Waals surface area contributed by atoms with E-state index in [-0.39, 0.29) is 18.5 Å². The molecule has 0 aromatic heterocycles. The van der Waals surface area contributed by atoms with Crippen LogP contribution in [0.3, 0.4) is 0 Å². The van der Waals surface area contributed by atoms with Crippen molar-refractivity contribution in [2.24, 2.45) is 5.41 Å². The fraction of sp³-hybridized carbons (Fsp3) is 0.600. The monoisotopic (exact) mass is 405 g/mol. The van der Waals surface area contributed by atoms with Crippen molar-refractivity contribution in [2.75, 3.05) is 31.2 Å². The van der Waals surface area contributed by atoms with Gasteiger partial charge in [0.05, 0.1) is 10.2 Å². The highest BCUT2D eigenvalue weighted by molar-refractivity contribution is 7.92. The Bertz CT molecular complexity index is 900. The van der Waals surface area contributed by atoms with Crippen molar-refractivity contribution in [1.82, 2.24) is 10.2 Å². The lowest BCUT2D eigenvalue weighted by Crippen LogP contribution is -2.57. The fourth-order valence-corrected chi connectivity index (χ4v) is 6.00. The number of sulfone groups is 1. The molecule has 2 N–H and O–H groups in total. The first-order valence-electron chi connectivity index (χ1n) is 9.87. The van der Waals surface area contributed by atoms with Crippen molar-refractivity contribution in [3.05, 3.63) is 29.8 Å². The minimum Gasteiger partial charge on any atom is -0.336 e. The van der Waals surface area contributed by atoms with Gasteiger partial charge in [-0.05, 0) is 43.7 Å². The number of carbonyl (C=O) groups is 2. The first-order chi connectivity index (χ1) is 13.2. The second-order valence-corrected chi connectivity index (χ2v) is 10.9. The van der Waals surface area contributed by atoms with Gasteiger partial charge in [-0.2, -0.15) is 0 Å². The molecule has 1 aromatic rings. The molecule has 0 atom stereocenters. The maximum absolute atomic E-state index is 12.7. The SMILES string of the molecule is CS(=O)(=O)C1(CNC(=O)N2CCC3(CC2)Cc2ccccc2NC3=O)CCC1. The van der Waals surface area contributed by atoms with Gasteiger partial charge in [0.2, 0.25) is 5.91 Å². The molecule has 1 saturated carbocycles. The third-order valence-electron chi connectivity index (χ3n) is 6.90. The Hall–Kier alpha value is -2.09. The zero-order valence-corrected chi connectivity index (χ0v) is 17.0. The number of hydrogen-bond acceptors (Lipinski definition) is 4. The van der Waals surface area contributed by atoms with Crippen molar-refractivity contribution in [1.29, 1.82) is 0 Å². The Morgan fingerprint density at radius 3 is 2.46 bits per heavy atom. The molecule has 1 spiro atoms. The standard InChI is InChI=1S/C20H27N3O4S/c1-28(26,27)20(7-4-8-20)14-21-18(25)23-11-9-19(10-12-23)13-15-5-2-3-6-16(15)22-17(19)24/h2-3,5-6H,4,7-14H2,1H3,(H,21,25)(H,22,24). The van der Waals surface area contributed by atoms with Crippen molar-refractivity contribution in [3.63, 3.8) is 0 Å². The molecule has 0 unspecified atom stereocenters. The number of hydrogen-bond donors (Lipinski definition) is 2. The number of nitrogens with zero attached hydrogens (tertiary/aromatic N) is 1. The van der Waals surface area contributed by atoms with Crippen LogP contribution < -0.4 is 10.6 Å². The van der Waals surface area contributed by atoms with Crippen LogP contribution in [0.4, 0.5) is 10.5 Å². The lowest BCUT2D eigenvalue weighted by Gasteiger charge is -2.44. The summed E-state index contributed by atoms with van der Waals surface area (Å²) in [7, 11) is -3.20.